The molecule has 7 heteroatoms. The maximum Gasteiger partial charge on any atom is 0.203 e. The molecule has 2 N–H and O–H groups in total. The van der Waals surface area contributed by atoms with E-state index in [1.807, 2.05) is 48.7 Å². The minimum Gasteiger partial charge on any atom is -0.493 e. The summed E-state index contributed by atoms with van der Waals surface area (Å²) in [5.41, 5.74) is 5.10. The highest BCUT2D eigenvalue weighted by Crippen LogP contribution is 2.42. The van der Waals surface area contributed by atoms with Crippen molar-refractivity contribution in [3.05, 3.63) is 60.9 Å². The average molecular weight is 415 g/mol. The van der Waals surface area contributed by atoms with Crippen LogP contribution >= 0.6 is 0 Å². The van der Waals surface area contributed by atoms with Crippen LogP contribution in [0.3, 0.4) is 0 Å². The van der Waals surface area contributed by atoms with Gasteiger partial charge in [-0.15, -0.1) is 0 Å². The molecule has 0 radical (unpaired) electrons. The molecule has 156 valence electrons. The van der Waals surface area contributed by atoms with Crippen LogP contribution in [0.2, 0.25) is 0 Å². The van der Waals surface area contributed by atoms with E-state index in [4.69, 9.17) is 18.6 Å². The van der Waals surface area contributed by atoms with E-state index in [-0.39, 0.29) is 0 Å². The maximum absolute atomic E-state index is 6.22. The minimum atomic E-state index is 0.533. The number of fused-ring (bicyclic) bond motifs is 2. The number of rotatable bonds is 6. The first-order chi connectivity index (χ1) is 15.2. The lowest BCUT2D eigenvalue weighted by Gasteiger charge is -2.13. The molecule has 0 aliphatic rings. The number of furan rings is 1. The summed E-state index contributed by atoms with van der Waals surface area (Å²) in [5.74, 6) is 2.30. The van der Waals surface area contributed by atoms with Crippen molar-refractivity contribution in [1.82, 2.24) is 9.97 Å². The largest absolute Gasteiger partial charge is 0.493 e. The molecule has 0 amide bonds. The molecule has 0 fully saturated rings. The first-order valence-corrected chi connectivity index (χ1v) is 9.73. The van der Waals surface area contributed by atoms with E-state index in [1.54, 1.807) is 27.5 Å². The standard InChI is InChI=1S/C24H21N3O4/c1-28-21-11-15(12-22(29-2)24(21)30-3)20-13-19-23(31-20)18(7-9-26-19)27-16-4-5-17-14(10-16)6-8-25-17/h4-13,25H,1-3H3,(H,26,27). The number of hydrogen-bond acceptors (Lipinski definition) is 6. The van der Waals surface area contributed by atoms with Crippen LogP contribution in [0.5, 0.6) is 17.2 Å². The van der Waals surface area contributed by atoms with Crippen LogP contribution in [0.25, 0.3) is 33.3 Å². The highest BCUT2D eigenvalue weighted by atomic mass is 16.5. The van der Waals surface area contributed by atoms with Gasteiger partial charge < -0.3 is 28.9 Å². The predicted octanol–water partition coefficient (Wildman–Crippen LogP) is 5.75. The summed E-state index contributed by atoms with van der Waals surface area (Å²) >= 11 is 0. The number of aromatic amines is 1. The molecule has 0 spiro atoms. The number of pyridine rings is 1. The van der Waals surface area contributed by atoms with Gasteiger partial charge in [0.1, 0.15) is 11.3 Å². The predicted molar refractivity (Wildman–Crippen MR) is 121 cm³/mol. The fourth-order valence-electron chi connectivity index (χ4n) is 3.69. The molecule has 5 aromatic rings. The summed E-state index contributed by atoms with van der Waals surface area (Å²) in [6.07, 6.45) is 3.68. The van der Waals surface area contributed by atoms with Crippen LogP contribution in [-0.4, -0.2) is 31.3 Å². The van der Waals surface area contributed by atoms with E-state index in [2.05, 4.69) is 21.4 Å². The number of hydrogen-bond donors (Lipinski definition) is 2. The maximum atomic E-state index is 6.22. The lowest BCUT2D eigenvalue weighted by atomic mass is 10.1. The van der Waals surface area contributed by atoms with Crippen molar-refractivity contribution >= 4 is 33.4 Å². The second-order valence-corrected chi connectivity index (χ2v) is 7.00. The number of anilines is 2. The number of benzene rings is 2. The fraction of sp³-hybridized carbons (Fsp3) is 0.125. The molecule has 0 aliphatic carbocycles. The summed E-state index contributed by atoms with van der Waals surface area (Å²) in [6.45, 7) is 0. The molecule has 0 bridgehead atoms. The first kappa shape index (κ1) is 18.9. The van der Waals surface area contributed by atoms with Gasteiger partial charge in [0.15, 0.2) is 17.1 Å². The van der Waals surface area contributed by atoms with E-state index in [1.165, 1.54) is 0 Å². The average Bonchev–Trinajstić information content (AvgIpc) is 3.45. The number of nitrogens with one attached hydrogen (secondary N) is 2. The molecule has 0 saturated heterocycles. The molecule has 5 rings (SSSR count). The van der Waals surface area contributed by atoms with Gasteiger partial charge in [-0.1, -0.05) is 0 Å². The Morgan fingerprint density at radius 3 is 2.45 bits per heavy atom. The van der Waals surface area contributed by atoms with E-state index in [0.29, 0.717) is 28.6 Å². The Balaban J connectivity index is 1.56. The van der Waals surface area contributed by atoms with Gasteiger partial charge in [0.2, 0.25) is 5.75 Å². The Kier molecular flexibility index (Phi) is 4.63. The smallest absolute Gasteiger partial charge is 0.203 e. The summed E-state index contributed by atoms with van der Waals surface area (Å²) in [6, 6.07) is 15.7. The van der Waals surface area contributed by atoms with E-state index in [0.717, 1.165) is 33.4 Å². The fourth-order valence-corrected chi connectivity index (χ4v) is 3.69. The Labute approximate surface area is 178 Å². The van der Waals surface area contributed by atoms with Gasteiger partial charge >= 0.3 is 0 Å². The monoisotopic (exact) mass is 415 g/mol. The van der Waals surface area contributed by atoms with Gasteiger partial charge in [-0.25, -0.2) is 0 Å². The molecule has 3 heterocycles. The number of H-pyrrole nitrogens is 1. The molecule has 0 unspecified atom stereocenters. The zero-order chi connectivity index (χ0) is 21.4. The normalized spacial score (nSPS) is 11.1. The van der Waals surface area contributed by atoms with Crippen LogP contribution in [0, 0.1) is 0 Å². The molecular formula is C24H21N3O4. The van der Waals surface area contributed by atoms with Crippen molar-refractivity contribution in [3.63, 3.8) is 0 Å². The van der Waals surface area contributed by atoms with Crippen molar-refractivity contribution in [3.8, 4) is 28.6 Å². The quantitative estimate of drug-likeness (QED) is 0.368. The lowest BCUT2D eigenvalue weighted by molar-refractivity contribution is 0.324. The van der Waals surface area contributed by atoms with Crippen molar-refractivity contribution in [2.24, 2.45) is 0 Å². The number of ether oxygens (including phenoxy) is 3. The van der Waals surface area contributed by atoms with Crippen LogP contribution in [0.15, 0.2) is 65.3 Å². The van der Waals surface area contributed by atoms with Crippen LogP contribution in [-0.2, 0) is 0 Å². The van der Waals surface area contributed by atoms with Crippen molar-refractivity contribution in [2.45, 2.75) is 0 Å². The highest BCUT2D eigenvalue weighted by molar-refractivity contribution is 5.92. The third-order valence-electron chi connectivity index (χ3n) is 5.19. The summed E-state index contributed by atoms with van der Waals surface area (Å²) in [4.78, 5) is 7.67. The molecule has 0 aliphatic heterocycles. The Morgan fingerprint density at radius 1 is 0.903 bits per heavy atom. The van der Waals surface area contributed by atoms with Gasteiger partial charge in [0.25, 0.3) is 0 Å². The molecule has 31 heavy (non-hydrogen) atoms. The third kappa shape index (κ3) is 3.30. The molecule has 7 nitrogen and oxygen atoms in total. The molecular weight excluding hydrogens is 394 g/mol. The van der Waals surface area contributed by atoms with Crippen molar-refractivity contribution in [2.75, 3.05) is 26.6 Å². The van der Waals surface area contributed by atoms with Gasteiger partial charge in [0, 0.05) is 40.6 Å². The number of methoxy groups -OCH3 is 3. The summed E-state index contributed by atoms with van der Waals surface area (Å²) in [7, 11) is 4.75. The van der Waals surface area contributed by atoms with Crippen molar-refractivity contribution in [1.29, 1.82) is 0 Å². The molecule has 0 atom stereocenters. The van der Waals surface area contributed by atoms with Crippen LogP contribution in [0.4, 0.5) is 11.4 Å². The molecule has 2 aromatic carbocycles. The van der Waals surface area contributed by atoms with Gasteiger partial charge in [-0.05, 0) is 42.5 Å². The van der Waals surface area contributed by atoms with Crippen molar-refractivity contribution < 1.29 is 18.6 Å². The lowest BCUT2D eigenvalue weighted by Crippen LogP contribution is -1.95. The Bertz CT molecular complexity index is 1360. The minimum absolute atomic E-state index is 0.533. The van der Waals surface area contributed by atoms with Crippen LogP contribution in [0.1, 0.15) is 0 Å². The van der Waals surface area contributed by atoms with Gasteiger partial charge in [0.05, 0.1) is 27.0 Å². The highest BCUT2D eigenvalue weighted by Gasteiger charge is 2.17. The van der Waals surface area contributed by atoms with Gasteiger partial charge in [-0.3, -0.25) is 4.98 Å². The van der Waals surface area contributed by atoms with Crippen LogP contribution < -0.4 is 19.5 Å². The molecule has 3 aromatic heterocycles. The van der Waals surface area contributed by atoms with E-state index in [9.17, 15) is 0 Å². The zero-order valence-electron chi connectivity index (χ0n) is 17.4. The number of nitrogens with zero attached hydrogens (tertiary/aromatic N) is 1. The SMILES string of the molecule is COc1cc(-c2cc3nccc(Nc4ccc5[nH]ccc5c4)c3o2)cc(OC)c1OC. The summed E-state index contributed by atoms with van der Waals surface area (Å²) < 4.78 is 22.6. The third-order valence-corrected chi connectivity index (χ3v) is 5.19. The topological polar surface area (TPSA) is 81.5 Å². The summed E-state index contributed by atoms with van der Waals surface area (Å²) in [5, 5.41) is 4.57. The van der Waals surface area contributed by atoms with E-state index < -0.39 is 0 Å². The molecule has 0 saturated carbocycles. The Morgan fingerprint density at radius 2 is 1.71 bits per heavy atom. The first-order valence-electron chi connectivity index (χ1n) is 9.73. The zero-order valence-corrected chi connectivity index (χ0v) is 17.4. The second kappa shape index (κ2) is 7.60. The van der Waals surface area contributed by atoms with Gasteiger partial charge in [-0.2, -0.15) is 0 Å². The second-order valence-electron chi connectivity index (χ2n) is 7.00. The Hall–Kier alpha value is -4.13. The number of aromatic nitrogens is 2. The van der Waals surface area contributed by atoms with E-state index >= 15 is 0 Å².